The summed E-state index contributed by atoms with van der Waals surface area (Å²) in [4.78, 5) is 11.0. The van der Waals surface area contributed by atoms with Gasteiger partial charge < -0.3 is 10.5 Å². The van der Waals surface area contributed by atoms with Gasteiger partial charge in [0.25, 0.3) is 10.1 Å². The van der Waals surface area contributed by atoms with Crippen molar-refractivity contribution in [3.63, 3.8) is 0 Å². The maximum absolute atomic E-state index is 11.0. The number of carbonyl (C=O) groups is 1. The van der Waals surface area contributed by atoms with Crippen LogP contribution in [0.3, 0.4) is 0 Å². The molecule has 7 heteroatoms. The van der Waals surface area contributed by atoms with Crippen LogP contribution in [0.4, 0.5) is 0 Å². The van der Waals surface area contributed by atoms with Crippen molar-refractivity contribution < 1.29 is 22.1 Å². The van der Waals surface area contributed by atoms with E-state index in [0.29, 0.717) is 6.42 Å². The third-order valence-corrected chi connectivity index (χ3v) is 2.91. The first kappa shape index (κ1) is 14.1. The van der Waals surface area contributed by atoms with E-state index in [0.717, 1.165) is 0 Å². The van der Waals surface area contributed by atoms with E-state index in [1.54, 1.807) is 6.92 Å². The molecule has 0 bridgehead atoms. The smallest absolute Gasteiger partial charge is 0.335 e. The maximum Gasteiger partial charge on any atom is 0.335 e. The lowest BCUT2D eigenvalue weighted by Crippen LogP contribution is -2.29. The number of hydrogen-bond acceptors (Lipinski definition) is 6. The van der Waals surface area contributed by atoms with Gasteiger partial charge in [-0.15, -0.1) is 0 Å². The molecule has 0 aromatic carbocycles. The van der Waals surface area contributed by atoms with Gasteiger partial charge in [-0.2, -0.15) is 8.42 Å². The molecular formula is C8H15NO5S. The molecule has 15 heavy (non-hydrogen) atoms. The lowest BCUT2D eigenvalue weighted by molar-refractivity contribution is -0.145. The van der Waals surface area contributed by atoms with Crippen molar-refractivity contribution in [3.05, 3.63) is 12.2 Å². The highest BCUT2D eigenvalue weighted by Gasteiger charge is 2.18. The summed E-state index contributed by atoms with van der Waals surface area (Å²) in [6.07, 6.45) is 0.429. The van der Waals surface area contributed by atoms with Crippen molar-refractivity contribution in [1.82, 2.24) is 0 Å². The van der Waals surface area contributed by atoms with Crippen molar-refractivity contribution in [3.8, 4) is 0 Å². The van der Waals surface area contributed by atoms with Crippen molar-refractivity contribution in [2.75, 3.05) is 6.79 Å². The first-order valence-corrected chi connectivity index (χ1v) is 5.77. The van der Waals surface area contributed by atoms with Gasteiger partial charge in [0, 0.05) is 5.57 Å². The summed E-state index contributed by atoms with van der Waals surface area (Å²) >= 11 is 0. The van der Waals surface area contributed by atoms with E-state index in [1.165, 1.54) is 6.92 Å². The lowest BCUT2D eigenvalue weighted by Gasteiger charge is -2.08. The van der Waals surface area contributed by atoms with Gasteiger partial charge in [0.05, 0.1) is 0 Å². The average Bonchev–Trinajstić information content (AvgIpc) is 2.15. The van der Waals surface area contributed by atoms with Crippen molar-refractivity contribution in [2.24, 2.45) is 5.73 Å². The number of nitrogens with two attached hydrogens (primary N) is 1. The Morgan fingerprint density at radius 3 is 2.47 bits per heavy atom. The fourth-order valence-corrected chi connectivity index (χ4v) is 0.895. The molecule has 0 aliphatic heterocycles. The summed E-state index contributed by atoms with van der Waals surface area (Å²) in [5.74, 6) is -0.683. The summed E-state index contributed by atoms with van der Waals surface area (Å²) in [7, 11) is -3.86. The van der Waals surface area contributed by atoms with Gasteiger partial charge >= 0.3 is 5.97 Å². The molecule has 0 aromatic heterocycles. The summed E-state index contributed by atoms with van der Waals surface area (Å²) in [5.41, 5.74) is 5.35. The molecule has 0 saturated heterocycles. The van der Waals surface area contributed by atoms with Crippen LogP contribution in [0, 0.1) is 0 Å². The van der Waals surface area contributed by atoms with Crippen LogP contribution in [0.5, 0.6) is 0 Å². The van der Waals surface area contributed by atoms with Gasteiger partial charge in [-0.1, -0.05) is 13.5 Å². The summed E-state index contributed by atoms with van der Waals surface area (Å²) in [6, 6.07) is 0. The normalized spacial score (nSPS) is 13.3. The van der Waals surface area contributed by atoms with Gasteiger partial charge in [0.1, 0.15) is 5.37 Å². The number of hydrogen-bond donors (Lipinski definition) is 1. The van der Waals surface area contributed by atoms with Crippen LogP contribution >= 0.6 is 0 Å². The Labute approximate surface area is 89.2 Å². The zero-order chi connectivity index (χ0) is 12.1. The molecule has 1 atom stereocenters. The third-order valence-electron chi connectivity index (χ3n) is 1.57. The fourth-order valence-electron chi connectivity index (χ4n) is 0.498. The molecule has 0 heterocycles. The standard InChI is InChI=1S/C8H15NO5S/c1-4-6(2)8(10)13-5-14-15(11,12)7(3)9/h7H,2,4-5,9H2,1,3H3. The molecule has 0 spiro atoms. The summed E-state index contributed by atoms with van der Waals surface area (Å²) < 4.78 is 30.8. The molecule has 0 aliphatic carbocycles. The minimum absolute atomic E-state index is 0.247. The monoisotopic (exact) mass is 237 g/mol. The first-order chi connectivity index (χ1) is 6.81. The Morgan fingerprint density at radius 2 is 2.07 bits per heavy atom. The molecule has 1 unspecified atom stereocenters. The van der Waals surface area contributed by atoms with Crippen LogP contribution in [0.1, 0.15) is 20.3 Å². The quantitative estimate of drug-likeness (QED) is 0.305. The van der Waals surface area contributed by atoms with E-state index in [9.17, 15) is 13.2 Å². The third kappa shape index (κ3) is 4.91. The topological polar surface area (TPSA) is 95.7 Å². The molecule has 0 radical (unpaired) electrons. The molecule has 0 saturated carbocycles. The number of esters is 1. The zero-order valence-electron chi connectivity index (χ0n) is 8.73. The molecule has 2 N–H and O–H groups in total. The highest BCUT2D eigenvalue weighted by molar-refractivity contribution is 7.87. The van der Waals surface area contributed by atoms with Gasteiger partial charge in [-0.25, -0.2) is 8.98 Å². The van der Waals surface area contributed by atoms with E-state index in [-0.39, 0.29) is 5.57 Å². The minimum atomic E-state index is -3.86. The zero-order valence-corrected chi connectivity index (χ0v) is 9.54. The number of carbonyl (C=O) groups excluding carboxylic acids is 1. The molecule has 0 amide bonds. The average molecular weight is 237 g/mol. The van der Waals surface area contributed by atoms with Crippen LogP contribution in [-0.4, -0.2) is 26.6 Å². The second-order valence-electron chi connectivity index (χ2n) is 2.82. The van der Waals surface area contributed by atoms with Gasteiger partial charge in [0.15, 0.2) is 0 Å². The largest absolute Gasteiger partial charge is 0.434 e. The fraction of sp³-hybridized carbons (Fsp3) is 0.625. The molecule has 0 fully saturated rings. The van der Waals surface area contributed by atoms with Crippen LogP contribution in [0.15, 0.2) is 12.2 Å². The van der Waals surface area contributed by atoms with Crippen LogP contribution < -0.4 is 5.73 Å². The van der Waals surface area contributed by atoms with Gasteiger partial charge in [0.2, 0.25) is 6.79 Å². The van der Waals surface area contributed by atoms with Gasteiger partial charge in [-0.05, 0) is 13.3 Å². The number of ether oxygens (including phenoxy) is 1. The maximum atomic E-state index is 11.0. The minimum Gasteiger partial charge on any atom is -0.434 e. The first-order valence-electron chi connectivity index (χ1n) is 4.30. The predicted molar refractivity (Wildman–Crippen MR) is 54.0 cm³/mol. The van der Waals surface area contributed by atoms with E-state index in [1.807, 2.05) is 0 Å². The van der Waals surface area contributed by atoms with E-state index in [4.69, 9.17) is 5.73 Å². The van der Waals surface area contributed by atoms with E-state index in [2.05, 4.69) is 15.5 Å². The summed E-state index contributed by atoms with van der Waals surface area (Å²) in [6.45, 7) is 5.72. The second kappa shape index (κ2) is 5.84. The van der Waals surface area contributed by atoms with Gasteiger partial charge in [-0.3, -0.25) is 0 Å². The molecule has 0 aliphatic rings. The van der Waals surface area contributed by atoms with Crippen molar-refractivity contribution >= 4 is 16.1 Å². The van der Waals surface area contributed by atoms with E-state index >= 15 is 0 Å². The Hall–Kier alpha value is -0.920. The highest BCUT2D eigenvalue weighted by atomic mass is 32.2. The Balaban J connectivity index is 4.01. The van der Waals surface area contributed by atoms with Crippen LogP contribution in [0.2, 0.25) is 0 Å². The molecular weight excluding hydrogens is 222 g/mol. The molecule has 88 valence electrons. The summed E-state index contributed by atoms with van der Waals surface area (Å²) in [5, 5.41) is -1.16. The Bertz CT molecular complexity index is 333. The second-order valence-corrected chi connectivity index (χ2v) is 4.79. The SMILES string of the molecule is C=C(CC)C(=O)OCOS(=O)(=O)C(C)N. The molecule has 6 nitrogen and oxygen atoms in total. The molecule has 0 aromatic rings. The lowest BCUT2D eigenvalue weighted by atomic mass is 10.2. The number of rotatable bonds is 6. The predicted octanol–water partition coefficient (Wildman–Crippen LogP) is 0.104. The Kier molecular flexibility index (Phi) is 5.48. The van der Waals surface area contributed by atoms with Crippen molar-refractivity contribution in [2.45, 2.75) is 25.6 Å². The van der Waals surface area contributed by atoms with E-state index < -0.39 is 28.3 Å². The Morgan fingerprint density at radius 1 is 1.53 bits per heavy atom. The highest BCUT2D eigenvalue weighted by Crippen LogP contribution is 2.02. The van der Waals surface area contributed by atoms with Crippen LogP contribution in [-0.2, 0) is 23.8 Å². The molecule has 0 rings (SSSR count). The van der Waals surface area contributed by atoms with Crippen LogP contribution in [0.25, 0.3) is 0 Å². The van der Waals surface area contributed by atoms with Crippen molar-refractivity contribution in [1.29, 1.82) is 0 Å².